The third-order valence-corrected chi connectivity index (χ3v) is 1.06. The van der Waals surface area contributed by atoms with E-state index in [1.807, 2.05) is 0 Å². The van der Waals surface area contributed by atoms with Crippen molar-refractivity contribution >= 4 is 18.4 Å². The molecule has 0 aromatic carbocycles. The van der Waals surface area contributed by atoms with Crippen LogP contribution in [0.3, 0.4) is 0 Å². The topological polar surface area (TPSA) is 58.5 Å². The highest BCUT2D eigenvalue weighted by molar-refractivity contribution is 6.07. The van der Waals surface area contributed by atoms with E-state index < -0.39 is 5.92 Å². The van der Waals surface area contributed by atoms with Crippen molar-refractivity contribution in [2.75, 3.05) is 6.67 Å². The number of hydrogen-bond donors (Lipinski definition) is 1. The first-order chi connectivity index (χ1) is 4.34. The third-order valence-electron chi connectivity index (χ3n) is 1.06. The lowest BCUT2D eigenvalue weighted by atomic mass is 10.2. The summed E-state index contributed by atoms with van der Waals surface area (Å²) in [5.41, 5.74) is 0. The molecule has 0 aliphatic carbocycles. The van der Waals surface area contributed by atoms with E-state index in [-0.39, 0.29) is 5.91 Å². The second kappa shape index (κ2) is 2.39. The summed E-state index contributed by atoms with van der Waals surface area (Å²) in [5.74, 6) is -0.932. The Morgan fingerprint density at radius 3 is 3.11 bits per heavy atom. The van der Waals surface area contributed by atoms with Crippen LogP contribution < -0.4 is 5.32 Å². The monoisotopic (exact) mass is 126 g/mol. The van der Waals surface area contributed by atoms with E-state index in [1.54, 1.807) is 0 Å². The van der Waals surface area contributed by atoms with Crippen LogP contribution in [0.5, 0.6) is 0 Å². The Balaban J connectivity index is 2.67. The van der Waals surface area contributed by atoms with Gasteiger partial charge in [-0.05, 0) is 0 Å². The van der Waals surface area contributed by atoms with Crippen LogP contribution in [0.1, 0.15) is 0 Å². The minimum atomic E-state index is -0.668. The Kier molecular flexibility index (Phi) is 1.58. The summed E-state index contributed by atoms with van der Waals surface area (Å²) in [6, 6.07) is 0. The fraction of sp³-hybridized carbons (Fsp3) is 0.400. The van der Waals surface area contributed by atoms with Crippen LogP contribution in [0.25, 0.3) is 0 Å². The van der Waals surface area contributed by atoms with Gasteiger partial charge < -0.3 is 10.1 Å². The molecule has 1 amide bonds. The molecule has 1 aliphatic heterocycles. The van der Waals surface area contributed by atoms with Gasteiger partial charge in [0.15, 0.2) is 0 Å². The summed E-state index contributed by atoms with van der Waals surface area (Å²) in [6.45, 7) is 0.295. The lowest BCUT2D eigenvalue weighted by Crippen LogP contribution is -2.36. The van der Waals surface area contributed by atoms with E-state index >= 15 is 0 Å². The number of aliphatic imine (C=N–C) groups is 1. The molecule has 1 aliphatic rings. The first kappa shape index (κ1) is 5.94. The fourth-order valence-corrected chi connectivity index (χ4v) is 0.572. The molecular weight excluding hydrogens is 120 g/mol. The molecule has 1 rings (SSSR count). The van der Waals surface area contributed by atoms with Gasteiger partial charge in [0.1, 0.15) is 18.9 Å². The lowest BCUT2D eigenvalue weighted by molar-refractivity contribution is -0.126. The van der Waals surface area contributed by atoms with Crippen molar-refractivity contribution in [1.82, 2.24) is 5.32 Å². The van der Waals surface area contributed by atoms with Crippen LogP contribution in [-0.2, 0) is 9.59 Å². The van der Waals surface area contributed by atoms with Gasteiger partial charge in [-0.15, -0.1) is 0 Å². The van der Waals surface area contributed by atoms with Crippen molar-refractivity contribution in [3.05, 3.63) is 0 Å². The van der Waals surface area contributed by atoms with Gasteiger partial charge >= 0.3 is 0 Å². The second-order valence-corrected chi connectivity index (χ2v) is 1.69. The van der Waals surface area contributed by atoms with Gasteiger partial charge in [-0.25, -0.2) is 0 Å². The van der Waals surface area contributed by atoms with Crippen LogP contribution in [0.15, 0.2) is 4.99 Å². The van der Waals surface area contributed by atoms with E-state index in [0.29, 0.717) is 13.0 Å². The Morgan fingerprint density at radius 2 is 2.67 bits per heavy atom. The number of carbonyl (C=O) groups excluding carboxylic acids is 2. The molecule has 0 saturated carbocycles. The normalized spacial score (nSPS) is 25.3. The van der Waals surface area contributed by atoms with Crippen LogP contribution in [-0.4, -0.2) is 25.1 Å². The molecule has 4 nitrogen and oxygen atoms in total. The Morgan fingerprint density at radius 1 is 1.89 bits per heavy atom. The standard InChI is InChI=1S/C5H6N2O2/c8-2-4-1-6-3-7-5(4)9/h1-2,4H,3H2,(H,7,9). The van der Waals surface area contributed by atoms with Crippen LogP contribution in [0.2, 0.25) is 0 Å². The van der Waals surface area contributed by atoms with Gasteiger partial charge in [0.2, 0.25) is 5.91 Å². The first-order valence-corrected chi connectivity index (χ1v) is 2.57. The van der Waals surface area contributed by atoms with Gasteiger partial charge in [0, 0.05) is 6.21 Å². The highest BCUT2D eigenvalue weighted by Gasteiger charge is 2.16. The average molecular weight is 126 g/mol. The SMILES string of the molecule is O=CC1C=NCNC1=O. The van der Waals surface area contributed by atoms with E-state index in [1.165, 1.54) is 6.21 Å². The molecule has 9 heavy (non-hydrogen) atoms. The Bertz CT molecular complexity index is 164. The summed E-state index contributed by atoms with van der Waals surface area (Å²) in [7, 11) is 0. The van der Waals surface area contributed by atoms with E-state index in [2.05, 4.69) is 10.3 Å². The van der Waals surface area contributed by atoms with Crippen LogP contribution >= 0.6 is 0 Å². The number of rotatable bonds is 1. The highest BCUT2D eigenvalue weighted by atomic mass is 16.2. The quantitative estimate of drug-likeness (QED) is 0.360. The van der Waals surface area contributed by atoms with E-state index in [9.17, 15) is 9.59 Å². The van der Waals surface area contributed by atoms with Gasteiger partial charge in [-0.1, -0.05) is 0 Å². The van der Waals surface area contributed by atoms with E-state index in [0.717, 1.165) is 0 Å². The largest absolute Gasteiger partial charge is 0.336 e. The number of hydrogen-bond acceptors (Lipinski definition) is 3. The highest BCUT2D eigenvalue weighted by Crippen LogP contribution is 1.91. The molecule has 0 radical (unpaired) electrons. The molecule has 1 atom stereocenters. The third kappa shape index (κ3) is 1.13. The smallest absolute Gasteiger partial charge is 0.237 e. The fourth-order valence-electron chi connectivity index (χ4n) is 0.572. The molecule has 0 aromatic heterocycles. The molecular formula is C5H6N2O2. The summed E-state index contributed by atoms with van der Waals surface area (Å²) < 4.78 is 0. The minimum Gasteiger partial charge on any atom is -0.336 e. The molecule has 1 heterocycles. The maximum Gasteiger partial charge on any atom is 0.237 e. The van der Waals surface area contributed by atoms with Gasteiger partial charge in [0.25, 0.3) is 0 Å². The zero-order chi connectivity index (χ0) is 6.69. The van der Waals surface area contributed by atoms with Crippen molar-refractivity contribution in [1.29, 1.82) is 0 Å². The molecule has 48 valence electrons. The number of amides is 1. The first-order valence-electron chi connectivity index (χ1n) is 2.57. The van der Waals surface area contributed by atoms with Gasteiger partial charge in [0.05, 0.1) is 0 Å². The molecule has 0 fully saturated rings. The summed E-state index contributed by atoms with van der Waals surface area (Å²) in [6.07, 6.45) is 1.92. The number of carbonyl (C=O) groups is 2. The molecule has 0 aromatic rings. The van der Waals surface area contributed by atoms with Crippen molar-refractivity contribution in [3.8, 4) is 0 Å². The maximum atomic E-state index is 10.6. The summed E-state index contributed by atoms with van der Waals surface area (Å²) >= 11 is 0. The van der Waals surface area contributed by atoms with Gasteiger partial charge in [-0.3, -0.25) is 9.79 Å². The minimum absolute atomic E-state index is 0.264. The van der Waals surface area contributed by atoms with Gasteiger partial charge in [-0.2, -0.15) is 0 Å². The predicted molar refractivity (Wildman–Crippen MR) is 31.1 cm³/mol. The lowest BCUT2D eigenvalue weighted by Gasteiger charge is -2.08. The Labute approximate surface area is 52.0 Å². The van der Waals surface area contributed by atoms with Crippen molar-refractivity contribution < 1.29 is 9.59 Å². The molecule has 1 N–H and O–H groups in total. The zero-order valence-electron chi connectivity index (χ0n) is 4.70. The predicted octanol–water partition coefficient (Wildman–Crippen LogP) is -1.04. The maximum absolute atomic E-state index is 10.6. The molecule has 0 saturated heterocycles. The molecule has 0 bridgehead atoms. The van der Waals surface area contributed by atoms with Crippen molar-refractivity contribution in [2.45, 2.75) is 0 Å². The molecule has 0 spiro atoms. The number of nitrogens with zero attached hydrogens (tertiary/aromatic N) is 1. The summed E-state index contributed by atoms with van der Waals surface area (Å²) in [5, 5.41) is 2.41. The van der Waals surface area contributed by atoms with Crippen LogP contribution in [0.4, 0.5) is 0 Å². The van der Waals surface area contributed by atoms with E-state index in [4.69, 9.17) is 0 Å². The molecule has 4 heteroatoms. The Hall–Kier alpha value is -1.19. The molecule has 1 unspecified atom stereocenters. The van der Waals surface area contributed by atoms with Crippen molar-refractivity contribution in [3.63, 3.8) is 0 Å². The second-order valence-electron chi connectivity index (χ2n) is 1.69. The number of aldehydes is 1. The average Bonchev–Trinajstić information content (AvgIpc) is 1.89. The number of nitrogens with one attached hydrogen (secondary N) is 1. The zero-order valence-corrected chi connectivity index (χ0v) is 4.70. The summed E-state index contributed by atoms with van der Waals surface area (Å²) in [4.78, 5) is 24.3. The van der Waals surface area contributed by atoms with Crippen LogP contribution in [0, 0.1) is 5.92 Å². The van der Waals surface area contributed by atoms with Crippen molar-refractivity contribution in [2.24, 2.45) is 10.9 Å².